The van der Waals surface area contributed by atoms with E-state index in [9.17, 15) is 0 Å². The van der Waals surface area contributed by atoms with E-state index < -0.39 is 0 Å². The summed E-state index contributed by atoms with van der Waals surface area (Å²) in [7, 11) is 0. The fraction of sp³-hybridized carbons (Fsp3) is 0.917. The summed E-state index contributed by atoms with van der Waals surface area (Å²) >= 11 is 1.84. The molecule has 1 rings (SSSR count). The number of rotatable bonds is 6. The van der Waals surface area contributed by atoms with Crippen LogP contribution >= 0.6 is 11.8 Å². The molecule has 0 fully saturated rings. The normalized spacial score (nSPS) is 22.3. The molecule has 1 aliphatic heterocycles. The molecule has 2 atom stereocenters. The Hall–Kier alpha value is -0.220. The Morgan fingerprint density at radius 2 is 2.25 bits per heavy atom. The lowest BCUT2D eigenvalue weighted by molar-refractivity contribution is 0.115. The van der Waals surface area contributed by atoms with Crippen LogP contribution in [0.1, 0.15) is 34.1 Å². The monoisotopic (exact) mass is 244 g/mol. The van der Waals surface area contributed by atoms with Crippen LogP contribution in [-0.2, 0) is 4.74 Å². The summed E-state index contributed by atoms with van der Waals surface area (Å²) in [5, 5.41) is 4.60. The van der Waals surface area contributed by atoms with Crippen molar-refractivity contribution >= 4 is 16.9 Å². The van der Waals surface area contributed by atoms with E-state index in [2.05, 4.69) is 31.1 Å². The molecule has 0 spiro atoms. The van der Waals surface area contributed by atoms with Crippen LogP contribution in [0.3, 0.4) is 0 Å². The van der Waals surface area contributed by atoms with Crippen LogP contribution < -0.4 is 5.32 Å². The third-order valence-electron chi connectivity index (χ3n) is 2.80. The lowest BCUT2D eigenvalue weighted by atomic mass is 10.1. The van der Waals surface area contributed by atoms with Crippen molar-refractivity contribution in [2.24, 2.45) is 10.9 Å². The molecular formula is C12H24N2OS. The number of hydrogen-bond acceptors (Lipinski definition) is 4. The second kappa shape index (κ2) is 7.17. The first-order valence-corrected chi connectivity index (χ1v) is 7.20. The van der Waals surface area contributed by atoms with Crippen molar-refractivity contribution < 1.29 is 4.74 Å². The molecule has 2 unspecified atom stereocenters. The standard InChI is InChI=1S/C12H24N2OS/c1-5-10-8-16-12(13-10)14-11(9(3)4)7-15-6-2/h9-11H,5-8H2,1-4H3,(H,13,14). The lowest BCUT2D eigenvalue weighted by Gasteiger charge is -2.22. The van der Waals surface area contributed by atoms with E-state index >= 15 is 0 Å². The van der Waals surface area contributed by atoms with Crippen molar-refractivity contribution in [3.8, 4) is 0 Å². The molecule has 0 saturated carbocycles. The van der Waals surface area contributed by atoms with Gasteiger partial charge in [-0.15, -0.1) is 0 Å². The molecule has 1 heterocycles. The number of nitrogens with zero attached hydrogens (tertiary/aromatic N) is 1. The van der Waals surface area contributed by atoms with Crippen molar-refractivity contribution in [1.82, 2.24) is 5.32 Å². The van der Waals surface area contributed by atoms with Crippen molar-refractivity contribution in [2.45, 2.75) is 46.2 Å². The molecule has 0 radical (unpaired) electrons. The molecule has 0 aromatic rings. The topological polar surface area (TPSA) is 33.6 Å². The van der Waals surface area contributed by atoms with Gasteiger partial charge >= 0.3 is 0 Å². The van der Waals surface area contributed by atoms with E-state index in [1.54, 1.807) is 0 Å². The van der Waals surface area contributed by atoms with Crippen LogP contribution in [0.4, 0.5) is 0 Å². The van der Waals surface area contributed by atoms with E-state index in [1.165, 1.54) is 0 Å². The van der Waals surface area contributed by atoms with Gasteiger partial charge in [0.25, 0.3) is 0 Å². The van der Waals surface area contributed by atoms with Crippen LogP contribution in [-0.4, -0.2) is 36.2 Å². The Balaban J connectivity index is 2.42. The molecule has 0 aromatic heterocycles. The SMILES string of the molecule is CCOCC(NC1=NC(CC)CS1)C(C)C. The van der Waals surface area contributed by atoms with Crippen LogP contribution in [0.2, 0.25) is 0 Å². The molecule has 94 valence electrons. The van der Waals surface area contributed by atoms with Crippen molar-refractivity contribution in [3.05, 3.63) is 0 Å². The molecule has 1 N–H and O–H groups in total. The van der Waals surface area contributed by atoms with Gasteiger partial charge < -0.3 is 10.1 Å². The van der Waals surface area contributed by atoms with E-state index in [1.807, 2.05) is 18.7 Å². The number of nitrogens with one attached hydrogen (secondary N) is 1. The molecule has 1 aliphatic rings. The van der Waals surface area contributed by atoms with Crippen molar-refractivity contribution in [3.63, 3.8) is 0 Å². The highest BCUT2D eigenvalue weighted by Crippen LogP contribution is 2.19. The second-order valence-corrected chi connectivity index (χ2v) is 5.47. The van der Waals surface area contributed by atoms with E-state index in [0.29, 0.717) is 18.0 Å². The smallest absolute Gasteiger partial charge is 0.157 e. The van der Waals surface area contributed by atoms with E-state index in [-0.39, 0.29) is 0 Å². The highest BCUT2D eigenvalue weighted by atomic mass is 32.2. The second-order valence-electron chi connectivity index (χ2n) is 4.46. The third kappa shape index (κ3) is 4.34. The molecule has 3 nitrogen and oxygen atoms in total. The third-order valence-corrected chi connectivity index (χ3v) is 3.85. The van der Waals surface area contributed by atoms with Gasteiger partial charge in [0.1, 0.15) is 0 Å². The molecule has 0 bridgehead atoms. The molecule has 0 aliphatic carbocycles. The maximum absolute atomic E-state index is 5.49. The Morgan fingerprint density at radius 1 is 1.50 bits per heavy atom. The average Bonchev–Trinajstić information content (AvgIpc) is 2.71. The highest BCUT2D eigenvalue weighted by Gasteiger charge is 2.20. The summed E-state index contributed by atoms with van der Waals surface area (Å²) in [4.78, 5) is 4.65. The maximum atomic E-state index is 5.49. The zero-order valence-electron chi connectivity index (χ0n) is 10.8. The molecule has 0 aromatic carbocycles. The maximum Gasteiger partial charge on any atom is 0.157 e. The highest BCUT2D eigenvalue weighted by molar-refractivity contribution is 8.14. The number of ether oxygens (including phenoxy) is 1. The van der Waals surface area contributed by atoms with Gasteiger partial charge in [-0.3, -0.25) is 4.99 Å². The van der Waals surface area contributed by atoms with Gasteiger partial charge in [0.05, 0.1) is 18.7 Å². The molecule has 16 heavy (non-hydrogen) atoms. The van der Waals surface area contributed by atoms with Crippen LogP contribution in [0.5, 0.6) is 0 Å². The van der Waals surface area contributed by atoms with Crippen LogP contribution in [0, 0.1) is 5.92 Å². The van der Waals surface area contributed by atoms with Gasteiger partial charge in [-0.25, -0.2) is 0 Å². The van der Waals surface area contributed by atoms with Gasteiger partial charge in [-0.05, 0) is 19.3 Å². The number of amidine groups is 1. The van der Waals surface area contributed by atoms with Gasteiger partial charge in [0.15, 0.2) is 5.17 Å². The molecular weight excluding hydrogens is 220 g/mol. The van der Waals surface area contributed by atoms with Gasteiger partial charge in [-0.2, -0.15) is 0 Å². The minimum absolute atomic E-state index is 0.377. The fourth-order valence-corrected chi connectivity index (χ4v) is 2.63. The van der Waals surface area contributed by atoms with Gasteiger partial charge in [-0.1, -0.05) is 32.5 Å². The van der Waals surface area contributed by atoms with E-state index in [0.717, 1.165) is 30.6 Å². The molecule has 4 heteroatoms. The molecule has 0 amide bonds. The summed E-state index contributed by atoms with van der Waals surface area (Å²) in [6.07, 6.45) is 1.13. The Bertz CT molecular complexity index is 231. The Kier molecular flexibility index (Phi) is 6.21. The van der Waals surface area contributed by atoms with Gasteiger partial charge in [0, 0.05) is 12.4 Å². The minimum atomic E-state index is 0.377. The summed E-state index contributed by atoms with van der Waals surface area (Å²) in [6, 6.07) is 0.884. The summed E-state index contributed by atoms with van der Waals surface area (Å²) in [6.45, 7) is 10.2. The Labute approximate surface area is 103 Å². The predicted molar refractivity (Wildman–Crippen MR) is 72.2 cm³/mol. The first-order valence-electron chi connectivity index (χ1n) is 6.22. The quantitative estimate of drug-likeness (QED) is 0.779. The first-order chi connectivity index (χ1) is 7.67. The molecule has 0 saturated heterocycles. The van der Waals surface area contributed by atoms with Gasteiger partial charge in [0.2, 0.25) is 0 Å². The lowest BCUT2D eigenvalue weighted by Crippen LogP contribution is -2.40. The number of aliphatic imine (C=N–C) groups is 1. The Morgan fingerprint density at radius 3 is 2.75 bits per heavy atom. The summed E-state index contributed by atoms with van der Waals surface area (Å²) in [5.74, 6) is 1.69. The largest absolute Gasteiger partial charge is 0.380 e. The zero-order valence-corrected chi connectivity index (χ0v) is 11.6. The average molecular weight is 244 g/mol. The first kappa shape index (κ1) is 13.8. The van der Waals surface area contributed by atoms with Crippen LogP contribution in [0.25, 0.3) is 0 Å². The number of thioether (sulfide) groups is 1. The summed E-state index contributed by atoms with van der Waals surface area (Å²) in [5.41, 5.74) is 0. The predicted octanol–water partition coefficient (Wildman–Crippen LogP) is 2.52. The van der Waals surface area contributed by atoms with Crippen molar-refractivity contribution in [2.75, 3.05) is 19.0 Å². The van der Waals surface area contributed by atoms with E-state index in [4.69, 9.17) is 4.74 Å². The fourth-order valence-electron chi connectivity index (χ4n) is 1.51. The van der Waals surface area contributed by atoms with Crippen molar-refractivity contribution in [1.29, 1.82) is 0 Å². The minimum Gasteiger partial charge on any atom is -0.380 e. The number of hydrogen-bond donors (Lipinski definition) is 1. The van der Waals surface area contributed by atoms with Crippen LogP contribution in [0.15, 0.2) is 4.99 Å². The summed E-state index contributed by atoms with van der Waals surface area (Å²) < 4.78 is 5.49. The zero-order chi connectivity index (χ0) is 12.0.